The molecule has 0 fully saturated rings. The van der Waals surface area contributed by atoms with Crippen molar-refractivity contribution >= 4 is 17.5 Å². The molecule has 24 heavy (non-hydrogen) atoms. The first-order valence-electron chi connectivity index (χ1n) is 8.20. The predicted octanol–water partition coefficient (Wildman–Crippen LogP) is 4.99. The van der Waals surface area contributed by atoms with E-state index < -0.39 is 6.10 Å². The summed E-state index contributed by atoms with van der Waals surface area (Å²) in [5, 5.41) is 3.71. The normalized spacial score (nSPS) is 13.2. The van der Waals surface area contributed by atoms with Crippen molar-refractivity contribution in [3.8, 4) is 5.75 Å². The molecular formula is C20H24ClNO2. The molecular weight excluding hydrogens is 322 g/mol. The number of carbonyl (C=O) groups is 1. The molecule has 2 rings (SSSR count). The third kappa shape index (κ3) is 4.75. The minimum atomic E-state index is -0.529. The first kappa shape index (κ1) is 18.3. The van der Waals surface area contributed by atoms with E-state index >= 15 is 0 Å². The van der Waals surface area contributed by atoms with Crippen molar-refractivity contribution in [2.75, 3.05) is 0 Å². The van der Waals surface area contributed by atoms with E-state index in [0.717, 1.165) is 11.1 Å². The fraction of sp³-hybridized carbons (Fsp3) is 0.350. The summed E-state index contributed by atoms with van der Waals surface area (Å²) < 4.78 is 5.85. The topological polar surface area (TPSA) is 38.3 Å². The number of hydrogen-bond donors (Lipinski definition) is 1. The molecule has 3 nitrogen and oxygen atoms in total. The maximum absolute atomic E-state index is 12.5. The summed E-state index contributed by atoms with van der Waals surface area (Å²) in [5.41, 5.74) is 3.20. The van der Waals surface area contributed by atoms with Crippen LogP contribution in [0, 0.1) is 13.8 Å². The van der Waals surface area contributed by atoms with Crippen molar-refractivity contribution in [2.24, 2.45) is 0 Å². The zero-order valence-corrected chi connectivity index (χ0v) is 15.4. The lowest BCUT2D eigenvalue weighted by Crippen LogP contribution is -2.39. The van der Waals surface area contributed by atoms with Gasteiger partial charge in [0.1, 0.15) is 5.75 Å². The van der Waals surface area contributed by atoms with E-state index in [0.29, 0.717) is 17.2 Å². The highest BCUT2D eigenvalue weighted by Gasteiger charge is 2.20. The van der Waals surface area contributed by atoms with Gasteiger partial charge in [-0.1, -0.05) is 48.4 Å². The van der Waals surface area contributed by atoms with Crippen LogP contribution in [0.2, 0.25) is 5.02 Å². The van der Waals surface area contributed by atoms with Crippen molar-refractivity contribution in [2.45, 2.75) is 46.3 Å². The second kappa shape index (κ2) is 8.20. The average Bonchev–Trinajstić information content (AvgIpc) is 2.56. The molecule has 1 N–H and O–H groups in total. The molecule has 2 aromatic rings. The molecule has 2 aromatic carbocycles. The molecule has 0 aliphatic rings. The minimum Gasteiger partial charge on any atom is -0.481 e. The predicted molar refractivity (Wildman–Crippen MR) is 98.6 cm³/mol. The lowest BCUT2D eigenvalue weighted by molar-refractivity contribution is -0.128. The second-order valence-electron chi connectivity index (χ2n) is 6.07. The van der Waals surface area contributed by atoms with Gasteiger partial charge in [0.25, 0.3) is 5.91 Å². The molecule has 0 unspecified atom stereocenters. The number of nitrogens with one attached hydrogen (secondary N) is 1. The molecule has 0 aliphatic heterocycles. The second-order valence-corrected chi connectivity index (χ2v) is 6.47. The number of halogens is 1. The van der Waals surface area contributed by atoms with Crippen molar-refractivity contribution in [3.05, 3.63) is 64.2 Å². The molecule has 0 radical (unpaired) electrons. The van der Waals surface area contributed by atoms with Gasteiger partial charge >= 0.3 is 0 Å². The Morgan fingerprint density at radius 1 is 1.17 bits per heavy atom. The summed E-state index contributed by atoms with van der Waals surface area (Å²) in [6.45, 7) is 7.86. The molecule has 0 saturated carbocycles. The molecule has 4 heteroatoms. The smallest absolute Gasteiger partial charge is 0.261 e. The Kier molecular flexibility index (Phi) is 6.27. The van der Waals surface area contributed by atoms with Crippen LogP contribution in [-0.4, -0.2) is 12.0 Å². The fourth-order valence-electron chi connectivity index (χ4n) is 2.42. The van der Waals surface area contributed by atoms with Crippen LogP contribution in [0.5, 0.6) is 5.75 Å². The van der Waals surface area contributed by atoms with E-state index in [4.69, 9.17) is 16.3 Å². The number of carbonyl (C=O) groups excluding carboxylic acids is 1. The van der Waals surface area contributed by atoms with Gasteiger partial charge in [0.15, 0.2) is 6.10 Å². The van der Waals surface area contributed by atoms with Gasteiger partial charge in [0, 0.05) is 5.02 Å². The first-order chi connectivity index (χ1) is 11.4. The summed E-state index contributed by atoms with van der Waals surface area (Å²) in [6.07, 6.45) is 0.0622. The summed E-state index contributed by atoms with van der Waals surface area (Å²) in [5.74, 6) is 0.542. The van der Waals surface area contributed by atoms with Gasteiger partial charge in [-0.2, -0.15) is 0 Å². The minimum absolute atomic E-state index is 0.0669. The fourth-order valence-corrected chi connectivity index (χ4v) is 2.54. The molecule has 0 aliphatic carbocycles. The largest absolute Gasteiger partial charge is 0.481 e. The quantitative estimate of drug-likeness (QED) is 0.800. The van der Waals surface area contributed by atoms with Crippen LogP contribution in [0.15, 0.2) is 42.5 Å². The van der Waals surface area contributed by atoms with E-state index in [1.165, 1.54) is 5.56 Å². The van der Waals surface area contributed by atoms with E-state index in [9.17, 15) is 4.79 Å². The molecule has 1 amide bonds. The van der Waals surface area contributed by atoms with Gasteiger partial charge in [0.05, 0.1) is 6.04 Å². The van der Waals surface area contributed by atoms with Crippen LogP contribution < -0.4 is 10.1 Å². The van der Waals surface area contributed by atoms with Crippen LogP contribution in [0.4, 0.5) is 0 Å². The lowest BCUT2D eigenvalue weighted by Gasteiger charge is -2.21. The number of rotatable bonds is 6. The van der Waals surface area contributed by atoms with Crippen molar-refractivity contribution in [1.29, 1.82) is 0 Å². The lowest BCUT2D eigenvalue weighted by atomic mass is 10.1. The first-order valence-corrected chi connectivity index (χ1v) is 8.58. The highest BCUT2D eigenvalue weighted by molar-refractivity contribution is 6.31. The maximum atomic E-state index is 12.5. The number of ether oxygens (including phenoxy) is 1. The van der Waals surface area contributed by atoms with Crippen LogP contribution in [0.25, 0.3) is 0 Å². The van der Waals surface area contributed by atoms with Crippen LogP contribution in [-0.2, 0) is 4.79 Å². The Labute approximate surface area is 149 Å². The monoisotopic (exact) mass is 345 g/mol. The van der Waals surface area contributed by atoms with Gasteiger partial charge in [-0.25, -0.2) is 0 Å². The van der Waals surface area contributed by atoms with Crippen molar-refractivity contribution in [1.82, 2.24) is 5.32 Å². The third-order valence-corrected chi connectivity index (χ3v) is 4.43. The van der Waals surface area contributed by atoms with E-state index in [2.05, 4.69) is 5.32 Å². The van der Waals surface area contributed by atoms with Crippen LogP contribution >= 0.6 is 11.6 Å². The summed E-state index contributed by atoms with van der Waals surface area (Å²) in [7, 11) is 0. The highest BCUT2D eigenvalue weighted by atomic mass is 35.5. The Morgan fingerprint density at radius 3 is 2.42 bits per heavy atom. The van der Waals surface area contributed by atoms with Crippen LogP contribution in [0.3, 0.4) is 0 Å². The summed E-state index contributed by atoms with van der Waals surface area (Å²) >= 11 is 6.03. The molecule has 0 heterocycles. The SMILES string of the molecule is CC[C@H](Oc1ccc(Cl)c(C)c1)C(=O)N[C@@H](C)c1ccc(C)cc1. The summed E-state index contributed by atoms with van der Waals surface area (Å²) in [6, 6.07) is 13.5. The van der Waals surface area contributed by atoms with Gasteiger partial charge in [0.2, 0.25) is 0 Å². The Balaban J connectivity index is 2.02. The number of aryl methyl sites for hydroxylation is 2. The van der Waals surface area contributed by atoms with E-state index in [1.807, 2.05) is 58.0 Å². The molecule has 0 bridgehead atoms. The molecule has 0 saturated heterocycles. The number of amides is 1. The van der Waals surface area contributed by atoms with Crippen molar-refractivity contribution in [3.63, 3.8) is 0 Å². The zero-order chi connectivity index (χ0) is 17.7. The van der Waals surface area contributed by atoms with Crippen LogP contribution in [0.1, 0.15) is 43.0 Å². The number of hydrogen-bond acceptors (Lipinski definition) is 2. The van der Waals surface area contributed by atoms with Gasteiger partial charge in [-0.3, -0.25) is 4.79 Å². The summed E-state index contributed by atoms with van der Waals surface area (Å²) in [4.78, 5) is 12.5. The zero-order valence-electron chi connectivity index (χ0n) is 14.6. The molecule has 0 spiro atoms. The Hall–Kier alpha value is -2.00. The Bertz CT molecular complexity index is 697. The maximum Gasteiger partial charge on any atom is 0.261 e. The standard InChI is InChI=1S/C20H24ClNO2/c1-5-19(24-17-10-11-18(21)14(3)12-17)20(23)22-15(4)16-8-6-13(2)7-9-16/h6-12,15,19H,5H2,1-4H3,(H,22,23)/t15-,19-/m0/s1. The molecule has 2 atom stereocenters. The van der Waals surface area contributed by atoms with Gasteiger partial charge < -0.3 is 10.1 Å². The van der Waals surface area contributed by atoms with Gasteiger partial charge in [-0.05, 0) is 56.5 Å². The number of benzene rings is 2. The van der Waals surface area contributed by atoms with E-state index in [1.54, 1.807) is 12.1 Å². The average molecular weight is 346 g/mol. The molecule has 0 aromatic heterocycles. The highest BCUT2D eigenvalue weighted by Crippen LogP contribution is 2.22. The molecule has 128 valence electrons. The Morgan fingerprint density at radius 2 is 1.83 bits per heavy atom. The third-order valence-electron chi connectivity index (χ3n) is 4.01. The van der Waals surface area contributed by atoms with Gasteiger partial charge in [-0.15, -0.1) is 0 Å². The van der Waals surface area contributed by atoms with E-state index in [-0.39, 0.29) is 11.9 Å². The van der Waals surface area contributed by atoms with Crippen molar-refractivity contribution < 1.29 is 9.53 Å².